The average Bonchev–Trinajstić information content (AvgIpc) is 1.89. The number of isothiocyanates is 1. The van der Waals surface area contributed by atoms with Gasteiger partial charge in [-0.25, -0.2) is 4.79 Å². The van der Waals surface area contributed by atoms with E-state index in [4.69, 9.17) is 0 Å². The van der Waals surface area contributed by atoms with E-state index in [0.29, 0.717) is 6.61 Å². The lowest BCUT2D eigenvalue weighted by molar-refractivity contribution is 0.105. The van der Waals surface area contributed by atoms with Crippen LogP contribution in [0.25, 0.3) is 0 Å². The van der Waals surface area contributed by atoms with Crippen LogP contribution in [0.15, 0.2) is 4.99 Å². The monoisotopic (exact) mass is 161 g/mol. The summed E-state index contributed by atoms with van der Waals surface area (Å²) in [4.78, 5) is 13.4. The molecule has 0 aromatic rings. The van der Waals surface area contributed by atoms with Gasteiger partial charge in [-0.2, -0.15) is 0 Å². The lowest BCUT2D eigenvalue weighted by Gasteiger charge is -1.96. The van der Waals surface area contributed by atoms with Crippen molar-refractivity contribution in [3.05, 3.63) is 0 Å². The van der Waals surface area contributed by atoms with E-state index in [1.165, 1.54) is 7.11 Å². The minimum absolute atomic E-state index is 0.190. The van der Waals surface area contributed by atoms with Crippen molar-refractivity contribution in [3.8, 4) is 0 Å². The van der Waals surface area contributed by atoms with Gasteiger partial charge in [0.05, 0.1) is 11.8 Å². The Hall–Kier alpha value is -0.770. The van der Waals surface area contributed by atoms with E-state index in [1.807, 2.05) is 5.16 Å². The molecule has 0 fully saturated rings. The molecule has 0 aliphatic heterocycles. The Morgan fingerprint density at radius 1 is 1.70 bits per heavy atom. The molecule has 10 heavy (non-hydrogen) atoms. The summed E-state index contributed by atoms with van der Waals surface area (Å²) in [7, 11) is 1.51. The number of rotatable bonds is 3. The molecule has 0 unspecified atom stereocenters. The van der Waals surface area contributed by atoms with Gasteiger partial charge >= 0.3 is 6.09 Å². The first-order valence-electron chi connectivity index (χ1n) is 2.55. The zero-order chi connectivity index (χ0) is 7.82. The molecule has 56 valence electrons. The summed E-state index contributed by atoms with van der Waals surface area (Å²) in [6, 6.07) is 0. The topological polar surface area (TPSA) is 47.9 Å². The van der Waals surface area contributed by atoms with Gasteiger partial charge in [0, 0.05) is 7.11 Å². The Kier molecular flexibility index (Phi) is 5.86. The number of carbonyl (C=O) groups excluding carboxylic acids is 1. The number of hydrogen-bond acceptors (Lipinski definition) is 4. The Bertz CT molecular complexity index is 153. The molecule has 1 amide bonds. The Morgan fingerprint density at radius 2 is 2.40 bits per heavy atom. The lowest BCUT2D eigenvalue weighted by atomic mass is 10.8. The third kappa shape index (κ3) is 5.37. The molecule has 0 atom stereocenters. The third-order valence-corrected chi connectivity index (χ3v) is 0.741. The van der Waals surface area contributed by atoms with Crippen LogP contribution in [-0.2, 0) is 9.47 Å². The van der Waals surface area contributed by atoms with Crippen LogP contribution in [0.4, 0.5) is 4.79 Å². The molecule has 0 spiro atoms. The molecule has 0 radical (unpaired) electrons. The Balaban J connectivity index is 3.31. The van der Waals surface area contributed by atoms with Crippen LogP contribution in [0.1, 0.15) is 0 Å². The fraction of sp³-hybridized carbons (Fsp3) is 0.600. The number of thiocarbonyl (C=S) groups is 1. The second-order valence-corrected chi connectivity index (χ2v) is 1.49. The van der Waals surface area contributed by atoms with Gasteiger partial charge in [-0.15, -0.1) is 4.99 Å². The van der Waals surface area contributed by atoms with E-state index in [2.05, 4.69) is 26.7 Å². The standard InChI is InChI=1S/C5H7NO3S/c1-8-2-3-9-5(7)6-4-10/h2-3H2,1H3. The van der Waals surface area contributed by atoms with Crippen LogP contribution in [0.2, 0.25) is 0 Å². The van der Waals surface area contributed by atoms with Crippen molar-refractivity contribution >= 4 is 23.5 Å². The Labute approximate surface area is 63.8 Å². The van der Waals surface area contributed by atoms with Crippen LogP contribution in [0.5, 0.6) is 0 Å². The minimum atomic E-state index is -0.730. The second kappa shape index (κ2) is 6.35. The van der Waals surface area contributed by atoms with Gasteiger partial charge < -0.3 is 9.47 Å². The molecule has 0 bridgehead atoms. The average molecular weight is 161 g/mol. The van der Waals surface area contributed by atoms with E-state index in [0.717, 1.165) is 0 Å². The summed E-state index contributed by atoms with van der Waals surface area (Å²) < 4.78 is 9.07. The molecule has 0 saturated carbocycles. The van der Waals surface area contributed by atoms with Gasteiger partial charge in [0.2, 0.25) is 0 Å². The number of ether oxygens (including phenoxy) is 2. The first kappa shape index (κ1) is 9.23. The highest BCUT2D eigenvalue weighted by atomic mass is 32.1. The van der Waals surface area contributed by atoms with Gasteiger partial charge in [-0.3, -0.25) is 0 Å². The van der Waals surface area contributed by atoms with Gasteiger partial charge in [0.25, 0.3) is 0 Å². The first-order chi connectivity index (χ1) is 4.81. The van der Waals surface area contributed by atoms with Crippen molar-refractivity contribution in [3.63, 3.8) is 0 Å². The molecule has 0 aromatic heterocycles. The highest BCUT2D eigenvalue weighted by molar-refractivity contribution is 7.78. The third-order valence-electron chi connectivity index (χ3n) is 0.650. The minimum Gasteiger partial charge on any atom is -0.445 e. The van der Waals surface area contributed by atoms with Gasteiger partial charge in [-0.1, -0.05) is 0 Å². The number of carbonyl (C=O) groups is 1. The lowest BCUT2D eigenvalue weighted by Crippen LogP contribution is -2.05. The van der Waals surface area contributed by atoms with Crippen molar-refractivity contribution in [1.82, 2.24) is 0 Å². The van der Waals surface area contributed by atoms with E-state index < -0.39 is 6.09 Å². The van der Waals surface area contributed by atoms with Crippen molar-refractivity contribution in [2.24, 2.45) is 4.99 Å². The summed E-state index contributed by atoms with van der Waals surface area (Å²) in [5.74, 6) is 0. The van der Waals surface area contributed by atoms with E-state index in [9.17, 15) is 4.79 Å². The van der Waals surface area contributed by atoms with Crippen LogP contribution < -0.4 is 0 Å². The molecule has 0 aliphatic carbocycles. The smallest absolute Gasteiger partial charge is 0.442 e. The van der Waals surface area contributed by atoms with Crippen molar-refractivity contribution in [2.75, 3.05) is 20.3 Å². The van der Waals surface area contributed by atoms with Gasteiger partial charge in [-0.05, 0) is 12.2 Å². The predicted octanol–water partition coefficient (Wildman–Crippen LogP) is 0.872. The summed E-state index contributed by atoms with van der Waals surface area (Å²) in [5.41, 5.74) is 0. The summed E-state index contributed by atoms with van der Waals surface area (Å²) in [6.07, 6.45) is -0.730. The molecular weight excluding hydrogens is 154 g/mol. The fourth-order valence-corrected chi connectivity index (χ4v) is 0.356. The fourth-order valence-electron chi connectivity index (χ4n) is 0.282. The maximum absolute atomic E-state index is 10.3. The van der Waals surface area contributed by atoms with Crippen LogP contribution in [-0.4, -0.2) is 31.6 Å². The van der Waals surface area contributed by atoms with Crippen molar-refractivity contribution in [2.45, 2.75) is 0 Å². The maximum Gasteiger partial charge on any atom is 0.442 e. The highest BCUT2D eigenvalue weighted by Crippen LogP contribution is 1.81. The highest BCUT2D eigenvalue weighted by Gasteiger charge is 1.94. The Morgan fingerprint density at radius 3 is 2.90 bits per heavy atom. The van der Waals surface area contributed by atoms with E-state index in [1.54, 1.807) is 0 Å². The van der Waals surface area contributed by atoms with Crippen LogP contribution in [0, 0.1) is 0 Å². The molecule has 0 aromatic carbocycles. The van der Waals surface area contributed by atoms with Gasteiger partial charge in [0.15, 0.2) is 0 Å². The summed E-state index contributed by atoms with van der Waals surface area (Å²) in [6.45, 7) is 0.550. The molecule has 0 rings (SSSR count). The van der Waals surface area contributed by atoms with Crippen LogP contribution >= 0.6 is 12.2 Å². The zero-order valence-electron chi connectivity index (χ0n) is 5.49. The largest absolute Gasteiger partial charge is 0.445 e. The number of hydrogen-bond donors (Lipinski definition) is 0. The van der Waals surface area contributed by atoms with E-state index >= 15 is 0 Å². The molecule has 0 aliphatic rings. The number of methoxy groups -OCH3 is 1. The zero-order valence-corrected chi connectivity index (χ0v) is 6.31. The molecule has 4 nitrogen and oxygen atoms in total. The second-order valence-electron chi connectivity index (χ2n) is 1.31. The van der Waals surface area contributed by atoms with Crippen LogP contribution in [0.3, 0.4) is 0 Å². The summed E-state index contributed by atoms with van der Waals surface area (Å²) in [5, 5.41) is 1.89. The first-order valence-corrected chi connectivity index (χ1v) is 2.95. The normalized spacial score (nSPS) is 8.10. The van der Waals surface area contributed by atoms with Gasteiger partial charge in [0.1, 0.15) is 6.61 Å². The van der Waals surface area contributed by atoms with E-state index in [-0.39, 0.29) is 6.61 Å². The SMILES string of the molecule is COCCOC(=O)N=C=S. The quantitative estimate of drug-likeness (QED) is 0.350. The summed E-state index contributed by atoms with van der Waals surface area (Å²) >= 11 is 4.16. The molecule has 5 heteroatoms. The van der Waals surface area contributed by atoms with Crippen molar-refractivity contribution in [1.29, 1.82) is 0 Å². The number of amides is 1. The maximum atomic E-state index is 10.3. The predicted molar refractivity (Wildman–Crippen MR) is 38.3 cm³/mol. The molecule has 0 saturated heterocycles. The molecule has 0 heterocycles. The number of nitrogens with zero attached hydrogens (tertiary/aromatic N) is 1. The molecule has 0 N–H and O–H groups in total. The molecular formula is C5H7NO3S. The number of aliphatic imine (C=N–C) groups is 1. The van der Waals surface area contributed by atoms with Crippen molar-refractivity contribution < 1.29 is 14.3 Å².